The van der Waals surface area contributed by atoms with Gasteiger partial charge in [-0.05, 0) is 48.1 Å². The van der Waals surface area contributed by atoms with Crippen LogP contribution < -0.4 is 10.1 Å². The lowest BCUT2D eigenvalue weighted by Gasteiger charge is -2.16. The number of ether oxygens (including phenoxy) is 1. The van der Waals surface area contributed by atoms with Crippen LogP contribution in [0.3, 0.4) is 0 Å². The zero-order valence-corrected chi connectivity index (χ0v) is 18.1. The number of aliphatic hydroxyl groups is 1. The second-order valence-electron chi connectivity index (χ2n) is 8.26. The van der Waals surface area contributed by atoms with E-state index in [0.717, 1.165) is 32.4 Å². The summed E-state index contributed by atoms with van der Waals surface area (Å²) in [6.45, 7) is 0. The molecular formula is C26H21N3O2S. The molecule has 0 spiro atoms. The van der Waals surface area contributed by atoms with Crippen LogP contribution >= 0.6 is 11.3 Å². The fourth-order valence-electron chi connectivity index (χ4n) is 3.99. The summed E-state index contributed by atoms with van der Waals surface area (Å²) in [5.41, 5.74) is 3.96. The highest BCUT2D eigenvalue weighted by Crippen LogP contribution is 2.37. The van der Waals surface area contributed by atoms with Crippen molar-refractivity contribution in [3.8, 4) is 23.3 Å². The molecule has 0 saturated heterocycles. The van der Waals surface area contributed by atoms with Crippen LogP contribution in [-0.4, -0.2) is 21.2 Å². The van der Waals surface area contributed by atoms with Crippen molar-refractivity contribution in [2.45, 2.75) is 31.4 Å². The highest BCUT2D eigenvalue weighted by atomic mass is 32.1. The van der Waals surface area contributed by atoms with Gasteiger partial charge in [0.1, 0.15) is 17.2 Å². The number of aliphatic hydroxyl groups excluding tert-OH is 1. The molecule has 1 saturated carbocycles. The first-order valence-electron chi connectivity index (χ1n) is 10.8. The zero-order chi connectivity index (χ0) is 21.5. The van der Waals surface area contributed by atoms with Gasteiger partial charge in [0.05, 0.1) is 22.4 Å². The Labute approximate surface area is 190 Å². The first-order valence-corrected chi connectivity index (χ1v) is 11.6. The van der Waals surface area contributed by atoms with Crippen LogP contribution in [0, 0.1) is 17.8 Å². The predicted octanol–water partition coefficient (Wildman–Crippen LogP) is 5.32. The zero-order valence-electron chi connectivity index (χ0n) is 17.3. The Bertz CT molecular complexity index is 1370. The average molecular weight is 440 g/mol. The van der Waals surface area contributed by atoms with Crippen LogP contribution in [0.4, 0.5) is 5.13 Å². The largest absolute Gasteiger partial charge is 0.457 e. The van der Waals surface area contributed by atoms with Crippen molar-refractivity contribution in [1.82, 2.24) is 9.97 Å². The van der Waals surface area contributed by atoms with E-state index in [-0.39, 0.29) is 6.04 Å². The van der Waals surface area contributed by atoms with Gasteiger partial charge in [0.2, 0.25) is 0 Å². The number of anilines is 1. The lowest BCUT2D eigenvalue weighted by Crippen LogP contribution is -2.20. The van der Waals surface area contributed by atoms with Crippen LogP contribution in [0.15, 0.2) is 60.8 Å². The van der Waals surface area contributed by atoms with Crippen molar-refractivity contribution >= 4 is 26.7 Å². The summed E-state index contributed by atoms with van der Waals surface area (Å²) in [5, 5.41) is 14.8. The summed E-state index contributed by atoms with van der Waals surface area (Å²) in [6.07, 6.45) is 4.32. The molecule has 2 aromatic heterocycles. The van der Waals surface area contributed by atoms with Crippen molar-refractivity contribution in [3.05, 3.63) is 77.6 Å². The first-order chi connectivity index (χ1) is 15.7. The number of thiazole rings is 1. The summed E-state index contributed by atoms with van der Waals surface area (Å²) < 4.78 is 7.09. The summed E-state index contributed by atoms with van der Waals surface area (Å²) in [4.78, 5) is 9.02. The van der Waals surface area contributed by atoms with Crippen molar-refractivity contribution in [2.75, 3.05) is 5.32 Å². The number of fused-ring (bicyclic) bond motifs is 2. The van der Waals surface area contributed by atoms with E-state index in [4.69, 9.17) is 9.72 Å². The van der Waals surface area contributed by atoms with Crippen LogP contribution in [0.1, 0.15) is 35.7 Å². The molecule has 2 aliphatic rings. The number of pyridine rings is 1. The van der Waals surface area contributed by atoms with Crippen LogP contribution in [-0.2, 0) is 6.42 Å². The Hall–Kier alpha value is -3.40. The SMILES string of the molecule is O[C@H]1Cc2ccccc2[C@H]1Nc1nc2ccc(Oc3ccnc(C#CC4CC4)c3)cc2s1. The molecule has 0 radical (unpaired) electrons. The second kappa shape index (κ2) is 7.94. The third-order valence-corrected chi connectivity index (χ3v) is 6.74. The maximum absolute atomic E-state index is 10.5. The van der Waals surface area contributed by atoms with Gasteiger partial charge in [-0.25, -0.2) is 9.97 Å². The molecule has 158 valence electrons. The molecule has 6 heteroatoms. The van der Waals surface area contributed by atoms with E-state index in [1.54, 1.807) is 17.5 Å². The minimum atomic E-state index is -0.456. The summed E-state index contributed by atoms with van der Waals surface area (Å²) in [5.74, 6) is 8.36. The molecule has 0 unspecified atom stereocenters. The van der Waals surface area contributed by atoms with E-state index in [1.807, 2.05) is 42.5 Å². The fourth-order valence-corrected chi connectivity index (χ4v) is 4.93. The molecule has 2 heterocycles. The Balaban J connectivity index is 1.21. The van der Waals surface area contributed by atoms with Crippen molar-refractivity contribution in [3.63, 3.8) is 0 Å². The maximum atomic E-state index is 10.5. The summed E-state index contributed by atoms with van der Waals surface area (Å²) in [7, 11) is 0. The lowest BCUT2D eigenvalue weighted by atomic mass is 10.1. The molecule has 5 nitrogen and oxygen atoms in total. The van der Waals surface area contributed by atoms with Crippen molar-refractivity contribution in [1.29, 1.82) is 0 Å². The Morgan fingerprint density at radius 1 is 1.06 bits per heavy atom. The number of hydrogen-bond donors (Lipinski definition) is 2. The third kappa shape index (κ3) is 3.93. The van der Waals surface area contributed by atoms with E-state index in [9.17, 15) is 5.11 Å². The van der Waals surface area contributed by atoms with E-state index in [0.29, 0.717) is 18.1 Å². The number of nitrogens with zero attached hydrogens (tertiary/aromatic N) is 2. The topological polar surface area (TPSA) is 67.3 Å². The maximum Gasteiger partial charge on any atom is 0.184 e. The minimum absolute atomic E-state index is 0.144. The van der Waals surface area contributed by atoms with Gasteiger partial charge in [0.15, 0.2) is 5.13 Å². The molecule has 2 N–H and O–H groups in total. The van der Waals surface area contributed by atoms with Crippen LogP contribution in [0.5, 0.6) is 11.5 Å². The molecular weight excluding hydrogens is 418 g/mol. The summed E-state index contributed by atoms with van der Waals surface area (Å²) >= 11 is 1.56. The predicted molar refractivity (Wildman–Crippen MR) is 126 cm³/mol. The van der Waals surface area contributed by atoms with Gasteiger partial charge in [0.25, 0.3) is 0 Å². The normalized spacial score (nSPS) is 19.3. The monoisotopic (exact) mass is 439 g/mol. The van der Waals surface area contributed by atoms with E-state index in [1.165, 1.54) is 18.4 Å². The number of aromatic nitrogens is 2. The molecule has 0 bridgehead atoms. The molecule has 1 fully saturated rings. The molecule has 2 atom stereocenters. The van der Waals surface area contributed by atoms with Gasteiger partial charge in [-0.15, -0.1) is 0 Å². The number of nitrogens with one attached hydrogen (secondary N) is 1. The van der Waals surface area contributed by atoms with E-state index in [2.05, 4.69) is 34.3 Å². The van der Waals surface area contributed by atoms with Crippen molar-refractivity contribution in [2.24, 2.45) is 5.92 Å². The third-order valence-electron chi connectivity index (χ3n) is 5.79. The number of rotatable bonds is 4. The first kappa shape index (κ1) is 19.3. The smallest absolute Gasteiger partial charge is 0.184 e. The molecule has 0 aliphatic heterocycles. The molecule has 32 heavy (non-hydrogen) atoms. The summed E-state index contributed by atoms with van der Waals surface area (Å²) in [6, 6.07) is 17.6. The van der Waals surface area contributed by atoms with Crippen LogP contribution in [0.2, 0.25) is 0 Å². The molecule has 0 amide bonds. The highest BCUT2D eigenvalue weighted by molar-refractivity contribution is 7.22. The Morgan fingerprint density at radius 2 is 1.94 bits per heavy atom. The minimum Gasteiger partial charge on any atom is -0.457 e. The number of hydrogen-bond acceptors (Lipinski definition) is 6. The Morgan fingerprint density at radius 3 is 2.84 bits per heavy atom. The van der Waals surface area contributed by atoms with Crippen molar-refractivity contribution < 1.29 is 9.84 Å². The van der Waals surface area contributed by atoms with Gasteiger partial charge < -0.3 is 15.2 Å². The standard InChI is InChI=1S/C26H21N3O2S/c30-23-13-17-3-1-2-4-21(17)25(23)29-26-28-22-10-9-19(15-24(22)32-26)31-20-11-12-27-18(14-20)8-7-16-5-6-16/h1-4,9-12,14-16,23,25,30H,5-6,13H2,(H,28,29)/t23-,25+/m0/s1. The Kier molecular flexibility index (Phi) is 4.79. The molecule has 2 aliphatic carbocycles. The highest BCUT2D eigenvalue weighted by Gasteiger charge is 2.31. The molecule has 4 aromatic rings. The quantitative estimate of drug-likeness (QED) is 0.422. The van der Waals surface area contributed by atoms with Gasteiger partial charge >= 0.3 is 0 Å². The van der Waals surface area contributed by atoms with Gasteiger partial charge in [-0.3, -0.25) is 0 Å². The molecule has 2 aromatic carbocycles. The molecule has 6 rings (SSSR count). The lowest BCUT2D eigenvalue weighted by molar-refractivity contribution is 0.166. The average Bonchev–Trinajstić information content (AvgIpc) is 3.47. The van der Waals surface area contributed by atoms with Gasteiger partial charge in [0, 0.05) is 30.7 Å². The second-order valence-corrected chi connectivity index (χ2v) is 9.29. The number of benzene rings is 2. The van der Waals surface area contributed by atoms with Gasteiger partial charge in [-0.1, -0.05) is 41.5 Å². The van der Waals surface area contributed by atoms with Gasteiger partial charge in [-0.2, -0.15) is 0 Å². The fraction of sp³-hybridized carbons (Fsp3) is 0.231. The van der Waals surface area contributed by atoms with Crippen LogP contribution in [0.25, 0.3) is 10.2 Å². The van der Waals surface area contributed by atoms with E-state index >= 15 is 0 Å². The van der Waals surface area contributed by atoms with E-state index < -0.39 is 6.10 Å².